The van der Waals surface area contributed by atoms with Gasteiger partial charge in [-0.2, -0.15) is 0 Å². The van der Waals surface area contributed by atoms with Crippen LogP contribution in [0.2, 0.25) is 5.02 Å². The molecule has 0 heterocycles. The Morgan fingerprint density at radius 3 is 2.31 bits per heavy atom. The molecule has 0 saturated heterocycles. The summed E-state index contributed by atoms with van der Waals surface area (Å²) in [6, 6.07) is 17.3. The molecule has 0 unspecified atom stereocenters. The van der Waals surface area contributed by atoms with E-state index >= 15 is 0 Å². The second-order valence-electron chi connectivity index (χ2n) is 8.25. The van der Waals surface area contributed by atoms with Crippen molar-refractivity contribution in [1.29, 1.82) is 0 Å². The fourth-order valence-corrected chi connectivity index (χ4v) is 5.60. The minimum absolute atomic E-state index is 0.0476. The van der Waals surface area contributed by atoms with Gasteiger partial charge in [-0.1, -0.05) is 55.8 Å². The van der Waals surface area contributed by atoms with Gasteiger partial charge in [-0.3, -0.25) is 4.79 Å². The summed E-state index contributed by atoms with van der Waals surface area (Å²) in [5.41, 5.74) is 1.47. The number of hydrogen-bond acceptors (Lipinski definition) is 4. The molecule has 3 aromatic carbocycles. The molecular formula is C26H25ClFN3O2S2. The Morgan fingerprint density at radius 1 is 0.943 bits per heavy atom. The molecule has 1 fully saturated rings. The summed E-state index contributed by atoms with van der Waals surface area (Å²) in [6.45, 7) is 0. The molecule has 2 N–H and O–H groups in total. The lowest BCUT2D eigenvalue weighted by Crippen LogP contribution is -2.26. The molecule has 3 amide bonds. The minimum Gasteiger partial charge on any atom is -0.322 e. The van der Waals surface area contributed by atoms with E-state index in [-0.39, 0.29) is 5.56 Å². The zero-order chi connectivity index (χ0) is 24.8. The van der Waals surface area contributed by atoms with Crippen molar-refractivity contribution >= 4 is 65.2 Å². The van der Waals surface area contributed by atoms with E-state index in [1.54, 1.807) is 48.2 Å². The Morgan fingerprint density at radius 2 is 1.63 bits per heavy atom. The molecule has 0 atom stereocenters. The highest BCUT2D eigenvalue weighted by Crippen LogP contribution is 2.38. The third-order valence-corrected chi connectivity index (χ3v) is 7.96. The summed E-state index contributed by atoms with van der Waals surface area (Å²) >= 11 is 12.6. The first-order chi connectivity index (χ1) is 16.9. The summed E-state index contributed by atoms with van der Waals surface area (Å²) in [7, 11) is 0. The van der Waals surface area contributed by atoms with Gasteiger partial charge in [0.2, 0.25) is 0 Å². The molecular weight excluding hydrogens is 505 g/mol. The Hall–Kier alpha value is -2.68. The van der Waals surface area contributed by atoms with E-state index in [2.05, 4.69) is 23.4 Å². The van der Waals surface area contributed by atoms with Crippen LogP contribution in [-0.4, -0.2) is 17.2 Å². The number of thioether (sulfide) groups is 1. The van der Waals surface area contributed by atoms with Crippen molar-refractivity contribution in [2.24, 2.45) is 0 Å². The van der Waals surface area contributed by atoms with Gasteiger partial charge in [-0.25, -0.2) is 13.5 Å². The lowest BCUT2D eigenvalue weighted by molar-refractivity contribution is 0.102. The van der Waals surface area contributed by atoms with Gasteiger partial charge >= 0.3 is 6.03 Å². The highest BCUT2D eigenvalue weighted by molar-refractivity contribution is 8.00. The Kier molecular flexibility index (Phi) is 8.59. The van der Waals surface area contributed by atoms with Crippen LogP contribution in [0.15, 0.2) is 71.6 Å². The number of urea groups is 1. The first kappa shape index (κ1) is 25.4. The van der Waals surface area contributed by atoms with Gasteiger partial charge in [0, 0.05) is 21.5 Å². The van der Waals surface area contributed by atoms with E-state index in [1.807, 2.05) is 12.1 Å². The highest BCUT2D eigenvalue weighted by atomic mass is 35.5. The van der Waals surface area contributed by atoms with Crippen LogP contribution in [0, 0.1) is 5.82 Å². The number of benzene rings is 3. The van der Waals surface area contributed by atoms with Gasteiger partial charge in [0.1, 0.15) is 5.82 Å². The first-order valence-corrected chi connectivity index (χ1v) is 13.0. The largest absolute Gasteiger partial charge is 0.336 e. The van der Waals surface area contributed by atoms with Crippen molar-refractivity contribution < 1.29 is 14.0 Å². The summed E-state index contributed by atoms with van der Waals surface area (Å²) < 4.78 is 15.0. The van der Waals surface area contributed by atoms with Gasteiger partial charge in [-0.15, -0.1) is 11.8 Å². The Balaban J connectivity index is 1.34. The molecule has 5 nitrogen and oxygen atoms in total. The average Bonchev–Trinajstić information content (AvgIpc) is 2.86. The summed E-state index contributed by atoms with van der Waals surface area (Å²) in [6.07, 6.45) is 6.25. The third-order valence-electron chi connectivity index (χ3n) is 5.71. The van der Waals surface area contributed by atoms with E-state index < -0.39 is 17.8 Å². The van der Waals surface area contributed by atoms with E-state index in [0.29, 0.717) is 27.3 Å². The van der Waals surface area contributed by atoms with Gasteiger partial charge < -0.3 is 10.6 Å². The van der Waals surface area contributed by atoms with Crippen LogP contribution in [0.1, 0.15) is 42.5 Å². The minimum atomic E-state index is -0.597. The smallest absolute Gasteiger partial charge is 0.322 e. The predicted molar refractivity (Wildman–Crippen MR) is 145 cm³/mol. The van der Waals surface area contributed by atoms with Gasteiger partial charge in [0.15, 0.2) is 0 Å². The first-order valence-electron chi connectivity index (χ1n) is 11.3. The van der Waals surface area contributed by atoms with Crippen LogP contribution in [0.3, 0.4) is 0 Å². The molecule has 3 aromatic rings. The zero-order valence-corrected chi connectivity index (χ0v) is 21.3. The fourth-order valence-electron chi connectivity index (χ4n) is 3.86. The molecule has 1 saturated carbocycles. The Bertz CT molecular complexity index is 1200. The molecule has 4 rings (SSSR count). The van der Waals surface area contributed by atoms with E-state index in [0.717, 1.165) is 9.20 Å². The molecule has 35 heavy (non-hydrogen) atoms. The summed E-state index contributed by atoms with van der Waals surface area (Å²) in [5.74, 6) is -1.15. The fraction of sp³-hybridized carbons (Fsp3) is 0.231. The maximum atomic E-state index is 13.8. The van der Waals surface area contributed by atoms with Crippen molar-refractivity contribution in [2.45, 2.75) is 42.2 Å². The van der Waals surface area contributed by atoms with Crippen molar-refractivity contribution in [3.63, 3.8) is 0 Å². The van der Waals surface area contributed by atoms with E-state index in [1.165, 1.54) is 50.3 Å². The number of rotatable bonds is 6. The number of nitrogens with one attached hydrogen (secondary N) is 2. The average molecular weight is 530 g/mol. The zero-order valence-electron chi connectivity index (χ0n) is 18.8. The monoisotopic (exact) mass is 529 g/mol. The van der Waals surface area contributed by atoms with Crippen molar-refractivity contribution in [3.05, 3.63) is 83.1 Å². The quantitative estimate of drug-likeness (QED) is 0.283. The number of anilines is 3. The van der Waals surface area contributed by atoms with Crippen molar-refractivity contribution in [1.82, 2.24) is 0 Å². The number of carbonyl (C=O) groups excluding carboxylic acids is 2. The van der Waals surface area contributed by atoms with E-state index in [9.17, 15) is 14.0 Å². The Labute approximate surface area is 219 Å². The van der Waals surface area contributed by atoms with Crippen LogP contribution in [0.25, 0.3) is 0 Å². The number of carbonyl (C=O) groups is 2. The molecule has 182 valence electrons. The standard InChI is InChI=1S/C26H25ClFN3O2S2/c27-22-16-18(12-15-24(22)35-20-6-2-1-3-7-20)30-26(33)31(34)19-13-10-17(11-14-19)29-25(32)21-8-4-5-9-23(21)28/h4-5,8-16,20,34H,1-3,6-7H2,(H,29,32)(H,30,33). The van der Waals surface area contributed by atoms with Crippen molar-refractivity contribution in [2.75, 3.05) is 14.9 Å². The number of thiol groups is 1. The number of halogens is 2. The van der Waals surface area contributed by atoms with Crippen molar-refractivity contribution in [3.8, 4) is 0 Å². The molecule has 0 bridgehead atoms. The second kappa shape index (κ2) is 11.8. The van der Waals surface area contributed by atoms with E-state index in [4.69, 9.17) is 11.6 Å². The molecule has 0 aromatic heterocycles. The number of amides is 3. The number of nitrogens with zero attached hydrogens (tertiary/aromatic N) is 1. The maximum absolute atomic E-state index is 13.8. The topological polar surface area (TPSA) is 61.4 Å². The predicted octanol–water partition coefficient (Wildman–Crippen LogP) is 8.04. The molecule has 1 aliphatic rings. The highest BCUT2D eigenvalue weighted by Gasteiger charge is 2.18. The lowest BCUT2D eigenvalue weighted by atomic mass is 10.0. The summed E-state index contributed by atoms with van der Waals surface area (Å²) in [5, 5.41) is 6.63. The van der Waals surface area contributed by atoms with Crippen LogP contribution < -0.4 is 14.9 Å². The molecule has 9 heteroatoms. The van der Waals surface area contributed by atoms with Crippen LogP contribution in [0.4, 0.5) is 26.2 Å². The molecule has 0 spiro atoms. The molecule has 1 aliphatic carbocycles. The third kappa shape index (κ3) is 6.72. The van der Waals surface area contributed by atoms with Gasteiger partial charge in [0.05, 0.1) is 16.3 Å². The van der Waals surface area contributed by atoms with Crippen LogP contribution >= 0.6 is 36.2 Å². The number of hydrogen-bond donors (Lipinski definition) is 3. The maximum Gasteiger partial charge on any atom is 0.336 e. The SMILES string of the molecule is O=C(Nc1ccc(N(S)C(=O)Nc2ccc(SC3CCCCC3)c(Cl)c2)cc1)c1ccccc1F. The molecule has 0 aliphatic heterocycles. The summed E-state index contributed by atoms with van der Waals surface area (Å²) in [4.78, 5) is 26.0. The lowest BCUT2D eigenvalue weighted by Gasteiger charge is -2.21. The van der Waals surface area contributed by atoms with Gasteiger partial charge in [-0.05, 0) is 67.4 Å². The second-order valence-corrected chi connectivity index (χ2v) is 10.4. The van der Waals surface area contributed by atoms with Crippen LogP contribution in [0.5, 0.6) is 0 Å². The van der Waals surface area contributed by atoms with Crippen LogP contribution in [-0.2, 0) is 0 Å². The molecule has 0 radical (unpaired) electrons. The normalized spacial score (nSPS) is 13.8. The van der Waals surface area contributed by atoms with Gasteiger partial charge in [0.25, 0.3) is 5.91 Å².